The number of oxazole rings is 1. The average Bonchev–Trinajstić information content (AvgIpc) is 2.43. The van der Waals surface area contributed by atoms with Gasteiger partial charge in [-0.25, -0.2) is 4.79 Å². The molecule has 0 radical (unpaired) electrons. The molecule has 1 aromatic carbocycles. The Morgan fingerprint density at radius 2 is 2.07 bits per heavy atom. The number of benzene rings is 1. The van der Waals surface area contributed by atoms with Crippen LogP contribution in [-0.2, 0) is 7.05 Å². The summed E-state index contributed by atoms with van der Waals surface area (Å²) >= 11 is 3.44. The quantitative estimate of drug-likeness (QED) is 0.798. The van der Waals surface area contributed by atoms with Crippen molar-refractivity contribution in [1.29, 1.82) is 0 Å². The van der Waals surface area contributed by atoms with E-state index in [1.54, 1.807) is 7.05 Å². The molecular weight excluding hydrogens is 258 g/mol. The first-order valence-electron chi connectivity index (χ1n) is 4.79. The maximum atomic E-state index is 11.4. The van der Waals surface area contributed by atoms with Crippen LogP contribution in [0.25, 0.3) is 11.1 Å². The van der Waals surface area contributed by atoms with Crippen LogP contribution in [0.3, 0.4) is 0 Å². The summed E-state index contributed by atoms with van der Waals surface area (Å²) in [6.07, 6.45) is 0. The van der Waals surface area contributed by atoms with Crippen molar-refractivity contribution in [3.8, 4) is 0 Å². The van der Waals surface area contributed by atoms with E-state index in [4.69, 9.17) is 4.42 Å². The second kappa shape index (κ2) is 3.52. The highest BCUT2D eigenvalue weighted by molar-refractivity contribution is 9.10. The Kier molecular flexibility index (Phi) is 2.46. The van der Waals surface area contributed by atoms with Gasteiger partial charge in [0.25, 0.3) is 0 Å². The molecule has 2 rings (SSSR count). The van der Waals surface area contributed by atoms with Gasteiger partial charge in [-0.15, -0.1) is 0 Å². The van der Waals surface area contributed by atoms with Crippen molar-refractivity contribution in [2.24, 2.45) is 7.05 Å². The van der Waals surface area contributed by atoms with Crippen molar-refractivity contribution in [2.45, 2.75) is 19.8 Å². The van der Waals surface area contributed by atoms with E-state index in [2.05, 4.69) is 29.8 Å². The van der Waals surface area contributed by atoms with Crippen LogP contribution in [0.4, 0.5) is 0 Å². The molecule has 0 spiro atoms. The van der Waals surface area contributed by atoms with Crippen LogP contribution >= 0.6 is 15.9 Å². The fourth-order valence-corrected chi connectivity index (χ4v) is 2.11. The van der Waals surface area contributed by atoms with Crippen molar-refractivity contribution < 1.29 is 4.42 Å². The Morgan fingerprint density at radius 1 is 1.40 bits per heavy atom. The second-order valence-corrected chi connectivity index (χ2v) is 4.84. The second-order valence-electron chi connectivity index (χ2n) is 3.92. The highest BCUT2D eigenvalue weighted by atomic mass is 79.9. The van der Waals surface area contributed by atoms with Gasteiger partial charge in [0.15, 0.2) is 5.58 Å². The highest BCUT2D eigenvalue weighted by Gasteiger charge is 2.13. The number of fused-ring (bicyclic) bond motifs is 1. The van der Waals surface area contributed by atoms with Crippen LogP contribution < -0.4 is 5.76 Å². The predicted molar refractivity (Wildman–Crippen MR) is 63.2 cm³/mol. The molecule has 0 aliphatic heterocycles. The lowest BCUT2D eigenvalue weighted by Crippen LogP contribution is -2.08. The minimum Gasteiger partial charge on any atom is -0.407 e. The molecule has 80 valence electrons. The third-order valence-corrected chi connectivity index (χ3v) is 2.97. The van der Waals surface area contributed by atoms with Crippen molar-refractivity contribution >= 4 is 27.0 Å². The lowest BCUT2D eigenvalue weighted by molar-refractivity contribution is 0.524. The van der Waals surface area contributed by atoms with Crippen molar-refractivity contribution in [2.75, 3.05) is 0 Å². The monoisotopic (exact) mass is 269 g/mol. The molecule has 0 saturated carbocycles. The third kappa shape index (κ3) is 1.63. The normalized spacial score (nSPS) is 11.5. The van der Waals surface area contributed by atoms with Gasteiger partial charge in [-0.05, 0) is 18.1 Å². The van der Waals surface area contributed by atoms with Gasteiger partial charge in [0, 0.05) is 17.1 Å². The van der Waals surface area contributed by atoms with Gasteiger partial charge in [0.05, 0.1) is 5.52 Å². The molecule has 15 heavy (non-hydrogen) atoms. The zero-order valence-corrected chi connectivity index (χ0v) is 10.5. The van der Waals surface area contributed by atoms with Crippen LogP contribution in [0.15, 0.2) is 25.8 Å². The smallest absolute Gasteiger partial charge is 0.407 e. The number of hydrogen-bond acceptors (Lipinski definition) is 2. The summed E-state index contributed by atoms with van der Waals surface area (Å²) in [5.41, 5.74) is 2.58. The molecular formula is C11H12BrNO2. The minimum atomic E-state index is -0.315. The molecule has 0 fully saturated rings. The van der Waals surface area contributed by atoms with Crippen molar-refractivity contribution in [3.05, 3.63) is 32.7 Å². The van der Waals surface area contributed by atoms with E-state index in [1.165, 1.54) is 4.57 Å². The zero-order chi connectivity index (χ0) is 11.2. The number of aryl methyl sites for hydroxylation is 1. The van der Waals surface area contributed by atoms with Crippen molar-refractivity contribution in [1.82, 2.24) is 4.57 Å². The molecule has 1 heterocycles. The molecule has 0 saturated heterocycles. The first kappa shape index (κ1) is 10.5. The van der Waals surface area contributed by atoms with Crippen molar-refractivity contribution in [3.63, 3.8) is 0 Å². The van der Waals surface area contributed by atoms with Gasteiger partial charge in [0.2, 0.25) is 0 Å². The summed E-state index contributed by atoms with van der Waals surface area (Å²) < 4.78 is 7.72. The summed E-state index contributed by atoms with van der Waals surface area (Å²) in [5.74, 6) is 0.0144. The maximum Gasteiger partial charge on any atom is 0.419 e. The van der Waals surface area contributed by atoms with E-state index in [1.807, 2.05) is 12.1 Å². The van der Waals surface area contributed by atoms with E-state index < -0.39 is 0 Å². The van der Waals surface area contributed by atoms with E-state index >= 15 is 0 Å². The molecule has 0 N–H and O–H groups in total. The topological polar surface area (TPSA) is 35.1 Å². The van der Waals surface area contributed by atoms with E-state index in [-0.39, 0.29) is 5.76 Å². The van der Waals surface area contributed by atoms with Crippen LogP contribution in [0.5, 0.6) is 0 Å². The summed E-state index contributed by atoms with van der Waals surface area (Å²) in [7, 11) is 1.71. The molecule has 1 aromatic heterocycles. The Balaban J connectivity index is 2.92. The van der Waals surface area contributed by atoms with Crippen LogP contribution in [0.2, 0.25) is 0 Å². The van der Waals surface area contributed by atoms with E-state index in [9.17, 15) is 4.79 Å². The Morgan fingerprint density at radius 3 is 2.67 bits per heavy atom. The molecule has 2 aromatic rings. The molecule has 0 aliphatic carbocycles. The Hall–Kier alpha value is -1.03. The molecule has 0 amide bonds. The standard InChI is InChI=1S/C11H12BrNO2/c1-6(2)8-4-7(12)5-9-10(8)15-11(14)13(9)3/h4-6H,1-3H3. The molecule has 0 aliphatic rings. The predicted octanol–water partition coefficient (Wildman–Crippen LogP) is 3.02. The first-order valence-corrected chi connectivity index (χ1v) is 5.59. The third-order valence-electron chi connectivity index (χ3n) is 2.51. The SMILES string of the molecule is CC(C)c1cc(Br)cc2c1oc(=O)n2C. The summed E-state index contributed by atoms with van der Waals surface area (Å²) in [5, 5.41) is 0. The minimum absolute atomic E-state index is 0.315. The highest BCUT2D eigenvalue weighted by Crippen LogP contribution is 2.28. The summed E-state index contributed by atoms with van der Waals surface area (Å²) in [6, 6.07) is 3.89. The van der Waals surface area contributed by atoms with Crippen LogP contribution in [0.1, 0.15) is 25.3 Å². The van der Waals surface area contributed by atoms with E-state index in [0.717, 1.165) is 15.6 Å². The van der Waals surface area contributed by atoms with Gasteiger partial charge in [-0.1, -0.05) is 29.8 Å². The Bertz CT molecular complexity index is 566. The van der Waals surface area contributed by atoms with Gasteiger partial charge in [-0.2, -0.15) is 0 Å². The molecule has 4 heteroatoms. The van der Waals surface area contributed by atoms with Gasteiger partial charge >= 0.3 is 5.76 Å². The number of aromatic nitrogens is 1. The Labute approximate surface area is 95.8 Å². The fraction of sp³-hybridized carbons (Fsp3) is 0.364. The molecule has 0 atom stereocenters. The average molecular weight is 270 g/mol. The molecule has 0 unspecified atom stereocenters. The zero-order valence-electron chi connectivity index (χ0n) is 8.87. The van der Waals surface area contributed by atoms with E-state index in [0.29, 0.717) is 11.5 Å². The molecule has 0 bridgehead atoms. The first-order chi connectivity index (χ1) is 7.00. The maximum absolute atomic E-state index is 11.4. The summed E-state index contributed by atoms with van der Waals surface area (Å²) in [4.78, 5) is 11.4. The number of halogens is 1. The van der Waals surface area contributed by atoms with Gasteiger partial charge in [-0.3, -0.25) is 4.57 Å². The lowest BCUT2D eigenvalue weighted by Gasteiger charge is -2.06. The number of rotatable bonds is 1. The number of nitrogens with zero attached hydrogens (tertiary/aromatic N) is 1. The molecule has 3 nitrogen and oxygen atoms in total. The van der Waals surface area contributed by atoms with Gasteiger partial charge < -0.3 is 4.42 Å². The van der Waals surface area contributed by atoms with Crippen LogP contribution in [-0.4, -0.2) is 4.57 Å². The fourth-order valence-electron chi connectivity index (χ4n) is 1.64. The largest absolute Gasteiger partial charge is 0.419 e. The number of hydrogen-bond donors (Lipinski definition) is 0. The summed E-state index contributed by atoms with van der Waals surface area (Å²) in [6.45, 7) is 4.16. The van der Waals surface area contributed by atoms with Gasteiger partial charge in [0.1, 0.15) is 0 Å². The lowest BCUT2D eigenvalue weighted by atomic mass is 10.0. The van der Waals surface area contributed by atoms with Crippen LogP contribution in [0, 0.1) is 0 Å².